The van der Waals surface area contributed by atoms with Gasteiger partial charge in [-0.05, 0) is 50.4 Å². The van der Waals surface area contributed by atoms with E-state index in [0.717, 1.165) is 25.2 Å². The second kappa shape index (κ2) is 8.70. The number of aromatic hydroxyl groups is 1. The minimum absolute atomic E-state index is 0. The van der Waals surface area contributed by atoms with Gasteiger partial charge >= 0.3 is 0 Å². The van der Waals surface area contributed by atoms with E-state index in [1.807, 2.05) is 30.3 Å². The molecule has 1 aliphatic rings. The monoisotopic (exact) mass is 350 g/mol. The third-order valence-corrected chi connectivity index (χ3v) is 4.17. The summed E-state index contributed by atoms with van der Waals surface area (Å²) >= 11 is 0. The molecule has 0 bridgehead atoms. The number of carbonyl (C=O) groups is 1. The molecule has 1 unspecified atom stereocenters. The van der Waals surface area contributed by atoms with Crippen LogP contribution in [0.25, 0.3) is 5.69 Å². The summed E-state index contributed by atoms with van der Waals surface area (Å²) in [6.07, 6.45) is 4.80. The van der Waals surface area contributed by atoms with Gasteiger partial charge in [0, 0.05) is 6.54 Å². The highest BCUT2D eigenvalue weighted by Crippen LogP contribution is 2.18. The Morgan fingerprint density at radius 3 is 2.88 bits per heavy atom. The molecule has 0 aliphatic carbocycles. The molecule has 7 heteroatoms. The van der Waals surface area contributed by atoms with Crippen molar-refractivity contribution in [3.63, 3.8) is 0 Å². The lowest BCUT2D eigenvalue weighted by molar-refractivity contribution is 0.0942. The van der Waals surface area contributed by atoms with Crippen molar-refractivity contribution in [2.24, 2.45) is 5.92 Å². The zero-order valence-corrected chi connectivity index (χ0v) is 14.3. The van der Waals surface area contributed by atoms with Gasteiger partial charge in [-0.15, -0.1) is 12.4 Å². The number of aromatic nitrogens is 2. The number of benzene rings is 1. The molecule has 2 heterocycles. The van der Waals surface area contributed by atoms with Gasteiger partial charge in [-0.25, -0.2) is 4.68 Å². The van der Waals surface area contributed by atoms with Gasteiger partial charge in [0.15, 0.2) is 11.4 Å². The number of halogens is 1. The van der Waals surface area contributed by atoms with Crippen molar-refractivity contribution in [1.82, 2.24) is 20.4 Å². The number of hydrogen-bond acceptors (Lipinski definition) is 4. The largest absolute Gasteiger partial charge is 0.504 e. The number of para-hydroxylation sites is 1. The number of nitrogens with one attached hydrogen (secondary N) is 2. The van der Waals surface area contributed by atoms with Crippen molar-refractivity contribution in [1.29, 1.82) is 0 Å². The van der Waals surface area contributed by atoms with Gasteiger partial charge in [-0.1, -0.05) is 18.2 Å². The number of rotatable bonds is 5. The molecule has 3 rings (SSSR count). The van der Waals surface area contributed by atoms with E-state index in [2.05, 4.69) is 15.7 Å². The minimum atomic E-state index is -0.332. The molecular weight excluding hydrogens is 328 g/mol. The lowest BCUT2D eigenvalue weighted by atomic mass is 9.96. The first-order valence-corrected chi connectivity index (χ1v) is 8.07. The van der Waals surface area contributed by atoms with Crippen molar-refractivity contribution < 1.29 is 9.90 Å². The van der Waals surface area contributed by atoms with E-state index >= 15 is 0 Å². The first kappa shape index (κ1) is 18.3. The molecule has 130 valence electrons. The van der Waals surface area contributed by atoms with Gasteiger partial charge in [0.2, 0.25) is 0 Å². The maximum Gasteiger partial charge on any atom is 0.275 e. The van der Waals surface area contributed by atoms with Crippen molar-refractivity contribution >= 4 is 18.3 Å². The molecule has 1 aromatic heterocycles. The maximum absolute atomic E-state index is 12.2. The fourth-order valence-electron chi connectivity index (χ4n) is 2.88. The SMILES string of the molecule is Cl.O=C(NCCC1CCCNC1)c1nn(-c2ccccc2)cc1O. The van der Waals surface area contributed by atoms with E-state index in [0.29, 0.717) is 12.5 Å². The average molecular weight is 351 g/mol. The van der Waals surface area contributed by atoms with E-state index in [1.54, 1.807) is 0 Å². The van der Waals surface area contributed by atoms with Gasteiger partial charge < -0.3 is 15.7 Å². The van der Waals surface area contributed by atoms with E-state index in [-0.39, 0.29) is 29.8 Å². The molecule has 1 saturated heterocycles. The quantitative estimate of drug-likeness (QED) is 0.771. The summed E-state index contributed by atoms with van der Waals surface area (Å²) in [5.41, 5.74) is 0.866. The summed E-state index contributed by atoms with van der Waals surface area (Å²) in [4.78, 5) is 12.2. The molecule has 24 heavy (non-hydrogen) atoms. The predicted molar refractivity (Wildman–Crippen MR) is 95.0 cm³/mol. The third-order valence-electron chi connectivity index (χ3n) is 4.17. The van der Waals surface area contributed by atoms with Gasteiger partial charge in [0.25, 0.3) is 5.91 Å². The van der Waals surface area contributed by atoms with E-state index in [1.165, 1.54) is 23.7 Å². The molecule has 3 N–H and O–H groups in total. The van der Waals surface area contributed by atoms with Crippen molar-refractivity contribution in [2.75, 3.05) is 19.6 Å². The molecule has 1 atom stereocenters. The predicted octanol–water partition coefficient (Wildman–Crippen LogP) is 2.12. The van der Waals surface area contributed by atoms with Crippen LogP contribution in [0.2, 0.25) is 0 Å². The second-order valence-corrected chi connectivity index (χ2v) is 5.90. The molecular formula is C17H23ClN4O2. The van der Waals surface area contributed by atoms with Crippen LogP contribution in [0.5, 0.6) is 5.75 Å². The molecule has 0 saturated carbocycles. The number of piperidine rings is 1. The van der Waals surface area contributed by atoms with Crippen LogP contribution in [0.4, 0.5) is 0 Å². The highest BCUT2D eigenvalue weighted by molar-refractivity contribution is 5.94. The van der Waals surface area contributed by atoms with Gasteiger partial charge in [0.1, 0.15) is 0 Å². The molecule has 1 aliphatic heterocycles. The maximum atomic E-state index is 12.2. The first-order chi connectivity index (χ1) is 11.2. The van der Waals surface area contributed by atoms with E-state index in [4.69, 9.17) is 0 Å². The molecule has 0 radical (unpaired) electrons. The lowest BCUT2D eigenvalue weighted by Crippen LogP contribution is -2.33. The smallest absolute Gasteiger partial charge is 0.275 e. The Hall–Kier alpha value is -2.05. The van der Waals surface area contributed by atoms with Crippen LogP contribution in [0.1, 0.15) is 29.8 Å². The minimum Gasteiger partial charge on any atom is -0.504 e. The Morgan fingerprint density at radius 2 is 2.17 bits per heavy atom. The molecule has 2 aromatic rings. The van der Waals surface area contributed by atoms with Crippen LogP contribution in [0.15, 0.2) is 36.5 Å². The third kappa shape index (κ3) is 4.49. The fraction of sp³-hybridized carbons (Fsp3) is 0.412. The topological polar surface area (TPSA) is 79.2 Å². The average Bonchev–Trinajstić information content (AvgIpc) is 2.98. The summed E-state index contributed by atoms with van der Waals surface area (Å²) in [5.74, 6) is 0.172. The molecule has 6 nitrogen and oxygen atoms in total. The highest BCUT2D eigenvalue weighted by Gasteiger charge is 2.18. The molecule has 0 spiro atoms. The van der Waals surface area contributed by atoms with Crippen LogP contribution in [0.3, 0.4) is 0 Å². The Morgan fingerprint density at radius 1 is 1.38 bits per heavy atom. The Kier molecular flexibility index (Phi) is 6.63. The van der Waals surface area contributed by atoms with Crippen molar-refractivity contribution in [3.8, 4) is 11.4 Å². The van der Waals surface area contributed by atoms with Crippen LogP contribution in [0, 0.1) is 5.92 Å². The van der Waals surface area contributed by atoms with Crippen LogP contribution >= 0.6 is 12.4 Å². The number of carbonyl (C=O) groups excluding carboxylic acids is 1. The number of amides is 1. The van der Waals surface area contributed by atoms with Crippen LogP contribution in [-0.2, 0) is 0 Å². The second-order valence-electron chi connectivity index (χ2n) is 5.90. The zero-order chi connectivity index (χ0) is 16.1. The normalized spacial score (nSPS) is 17.1. The lowest BCUT2D eigenvalue weighted by Gasteiger charge is -2.22. The zero-order valence-electron chi connectivity index (χ0n) is 13.4. The van der Waals surface area contributed by atoms with Gasteiger partial charge in [-0.2, -0.15) is 5.10 Å². The standard InChI is InChI=1S/C17H22N4O2.ClH/c22-15-12-21(14-6-2-1-3-7-14)20-16(15)17(23)19-10-8-13-5-4-9-18-11-13;/h1-3,6-7,12-13,18,22H,4-5,8-11H2,(H,19,23);1H. The number of nitrogens with zero attached hydrogens (tertiary/aromatic N) is 2. The fourth-order valence-corrected chi connectivity index (χ4v) is 2.88. The summed E-state index contributed by atoms with van der Waals surface area (Å²) in [5, 5.41) is 20.4. The summed E-state index contributed by atoms with van der Waals surface area (Å²) in [7, 11) is 0. The number of hydrogen-bond donors (Lipinski definition) is 3. The molecule has 1 amide bonds. The van der Waals surface area contributed by atoms with Crippen molar-refractivity contribution in [2.45, 2.75) is 19.3 Å². The molecule has 1 aromatic carbocycles. The van der Waals surface area contributed by atoms with Crippen LogP contribution < -0.4 is 10.6 Å². The highest BCUT2D eigenvalue weighted by atomic mass is 35.5. The molecule has 1 fully saturated rings. The Bertz CT molecular complexity index is 654. The first-order valence-electron chi connectivity index (χ1n) is 8.07. The van der Waals surface area contributed by atoms with E-state index < -0.39 is 0 Å². The van der Waals surface area contributed by atoms with Gasteiger partial charge in [0.05, 0.1) is 11.9 Å². The summed E-state index contributed by atoms with van der Waals surface area (Å²) < 4.78 is 1.51. The summed E-state index contributed by atoms with van der Waals surface area (Å²) in [6.45, 7) is 2.71. The van der Waals surface area contributed by atoms with Crippen molar-refractivity contribution in [3.05, 3.63) is 42.2 Å². The Balaban J connectivity index is 0.00000208. The van der Waals surface area contributed by atoms with E-state index in [9.17, 15) is 9.90 Å². The van der Waals surface area contributed by atoms with Gasteiger partial charge in [-0.3, -0.25) is 4.79 Å². The summed E-state index contributed by atoms with van der Waals surface area (Å²) in [6, 6.07) is 9.40. The Labute approximate surface area is 147 Å². The van der Waals surface area contributed by atoms with Crippen LogP contribution in [-0.4, -0.2) is 40.4 Å².